The minimum absolute atomic E-state index is 0.502. The van der Waals surface area contributed by atoms with Crippen molar-refractivity contribution in [2.75, 3.05) is 6.54 Å². The Kier molecular flexibility index (Phi) is 3.41. The van der Waals surface area contributed by atoms with Gasteiger partial charge in [-0.1, -0.05) is 0 Å². The molecule has 2 heterocycles. The van der Waals surface area contributed by atoms with Gasteiger partial charge in [0.15, 0.2) is 0 Å². The van der Waals surface area contributed by atoms with Crippen molar-refractivity contribution in [1.82, 2.24) is 14.9 Å². The molecule has 1 aromatic rings. The zero-order valence-electron chi connectivity index (χ0n) is 9.16. The number of nitrogens with one attached hydrogen (secondary N) is 1. The molecule has 1 aliphatic heterocycles. The Morgan fingerprint density at radius 3 is 3.33 bits per heavy atom. The van der Waals surface area contributed by atoms with Gasteiger partial charge in [-0.15, -0.1) is 11.8 Å². The van der Waals surface area contributed by atoms with Crippen molar-refractivity contribution >= 4 is 0 Å². The zero-order chi connectivity index (χ0) is 10.5. The van der Waals surface area contributed by atoms with E-state index in [1.54, 1.807) is 0 Å². The molecular formula is C12H17N3. The summed E-state index contributed by atoms with van der Waals surface area (Å²) >= 11 is 0. The molecule has 0 saturated carbocycles. The van der Waals surface area contributed by atoms with E-state index in [4.69, 9.17) is 0 Å². The fourth-order valence-corrected chi connectivity index (χ4v) is 2.05. The van der Waals surface area contributed by atoms with Gasteiger partial charge in [0.05, 0.1) is 12.0 Å². The van der Waals surface area contributed by atoms with Crippen LogP contribution in [0.25, 0.3) is 0 Å². The van der Waals surface area contributed by atoms with Gasteiger partial charge in [0.1, 0.15) is 0 Å². The highest BCUT2D eigenvalue weighted by molar-refractivity contribution is 5.07. The van der Waals surface area contributed by atoms with Crippen molar-refractivity contribution in [2.45, 2.75) is 38.8 Å². The lowest BCUT2D eigenvalue weighted by Gasteiger charge is -2.12. The van der Waals surface area contributed by atoms with E-state index in [9.17, 15) is 0 Å². The molecule has 0 spiro atoms. The molecule has 0 aliphatic carbocycles. The maximum absolute atomic E-state index is 4.22. The molecule has 1 saturated heterocycles. The first-order chi connectivity index (χ1) is 7.42. The first-order valence-corrected chi connectivity index (χ1v) is 5.55. The molecule has 0 bridgehead atoms. The smallest absolute Gasteiger partial charge is 0.0948 e. The number of imidazole rings is 1. The van der Waals surface area contributed by atoms with Gasteiger partial charge in [-0.2, -0.15) is 0 Å². The van der Waals surface area contributed by atoms with Crippen LogP contribution in [0, 0.1) is 11.8 Å². The van der Waals surface area contributed by atoms with Gasteiger partial charge in [-0.3, -0.25) is 0 Å². The molecule has 0 amide bonds. The molecule has 1 aliphatic rings. The first-order valence-electron chi connectivity index (χ1n) is 5.55. The maximum atomic E-state index is 4.22. The SMILES string of the molecule is CC#CCCn1cncc1[C@@H]1CCCN1. The summed E-state index contributed by atoms with van der Waals surface area (Å²) in [5.74, 6) is 6.01. The number of hydrogen-bond acceptors (Lipinski definition) is 2. The molecule has 1 fully saturated rings. The highest BCUT2D eigenvalue weighted by atomic mass is 15.1. The minimum Gasteiger partial charge on any atom is -0.332 e. The normalized spacial score (nSPS) is 19.9. The van der Waals surface area contributed by atoms with Crippen LogP contribution in [0.4, 0.5) is 0 Å². The van der Waals surface area contributed by atoms with Gasteiger partial charge in [-0.25, -0.2) is 4.98 Å². The molecule has 1 N–H and O–H groups in total. The number of aromatic nitrogens is 2. The maximum Gasteiger partial charge on any atom is 0.0948 e. The summed E-state index contributed by atoms with van der Waals surface area (Å²) in [6.07, 6.45) is 7.29. The van der Waals surface area contributed by atoms with E-state index in [1.807, 2.05) is 19.4 Å². The van der Waals surface area contributed by atoms with Gasteiger partial charge in [0.2, 0.25) is 0 Å². The van der Waals surface area contributed by atoms with Crippen LogP contribution in [0.5, 0.6) is 0 Å². The van der Waals surface area contributed by atoms with Gasteiger partial charge in [0, 0.05) is 25.2 Å². The van der Waals surface area contributed by atoms with Crippen LogP contribution in [-0.2, 0) is 6.54 Å². The third-order valence-electron chi connectivity index (χ3n) is 2.82. The van der Waals surface area contributed by atoms with Crippen LogP contribution in [0.15, 0.2) is 12.5 Å². The van der Waals surface area contributed by atoms with Crippen LogP contribution >= 0.6 is 0 Å². The molecular weight excluding hydrogens is 186 g/mol. The van der Waals surface area contributed by atoms with Crippen molar-refractivity contribution < 1.29 is 0 Å². The molecule has 3 heteroatoms. The number of rotatable bonds is 3. The lowest BCUT2D eigenvalue weighted by molar-refractivity contribution is 0.568. The Labute approximate surface area is 90.9 Å². The Morgan fingerprint density at radius 2 is 2.60 bits per heavy atom. The second-order valence-corrected chi connectivity index (χ2v) is 3.84. The van der Waals surface area contributed by atoms with E-state index in [1.165, 1.54) is 18.5 Å². The second kappa shape index (κ2) is 4.99. The summed E-state index contributed by atoms with van der Waals surface area (Å²) < 4.78 is 2.22. The predicted octanol–water partition coefficient (Wildman–Crippen LogP) is 1.72. The average Bonchev–Trinajstić information content (AvgIpc) is 2.87. The summed E-state index contributed by atoms with van der Waals surface area (Å²) in [6, 6.07) is 0.502. The third-order valence-corrected chi connectivity index (χ3v) is 2.82. The molecule has 1 atom stereocenters. The largest absolute Gasteiger partial charge is 0.332 e. The average molecular weight is 203 g/mol. The number of nitrogens with zero attached hydrogens (tertiary/aromatic N) is 2. The molecule has 2 rings (SSSR count). The minimum atomic E-state index is 0.502. The van der Waals surface area contributed by atoms with E-state index in [2.05, 4.69) is 26.7 Å². The standard InChI is InChI=1S/C12H17N3/c1-2-3-4-8-15-10-13-9-12(15)11-6-5-7-14-11/h9-11,14H,4-8H2,1H3/t11-/m0/s1. The van der Waals surface area contributed by atoms with Crippen LogP contribution in [-0.4, -0.2) is 16.1 Å². The molecule has 3 nitrogen and oxygen atoms in total. The fourth-order valence-electron chi connectivity index (χ4n) is 2.05. The lowest BCUT2D eigenvalue weighted by atomic mass is 10.2. The van der Waals surface area contributed by atoms with E-state index in [0.717, 1.165) is 19.5 Å². The van der Waals surface area contributed by atoms with E-state index in [-0.39, 0.29) is 0 Å². The van der Waals surface area contributed by atoms with Crippen LogP contribution < -0.4 is 5.32 Å². The summed E-state index contributed by atoms with van der Waals surface area (Å²) in [5.41, 5.74) is 1.31. The van der Waals surface area contributed by atoms with Gasteiger partial charge in [-0.05, 0) is 26.3 Å². The summed E-state index contributed by atoms with van der Waals surface area (Å²) in [5, 5.41) is 3.49. The molecule has 0 radical (unpaired) electrons. The number of aryl methyl sites for hydroxylation is 1. The summed E-state index contributed by atoms with van der Waals surface area (Å²) in [6.45, 7) is 3.96. The Morgan fingerprint density at radius 1 is 1.67 bits per heavy atom. The highest BCUT2D eigenvalue weighted by Crippen LogP contribution is 2.22. The molecule has 0 aromatic carbocycles. The Balaban J connectivity index is 2.02. The van der Waals surface area contributed by atoms with Gasteiger partial charge < -0.3 is 9.88 Å². The van der Waals surface area contributed by atoms with Crippen molar-refractivity contribution in [3.63, 3.8) is 0 Å². The van der Waals surface area contributed by atoms with Crippen molar-refractivity contribution in [3.8, 4) is 11.8 Å². The van der Waals surface area contributed by atoms with Crippen LogP contribution in [0.2, 0.25) is 0 Å². The summed E-state index contributed by atoms with van der Waals surface area (Å²) in [7, 11) is 0. The van der Waals surface area contributed by atoms with E-state index < -0.39 is 0 Å². The topological polar surface area (TPSA) is 29.9 Å². The Hall–Kier alpha value is -1.27. The van der Waals surface area contributed by atoms with Crippen LogP contribution in [0.3, 0.4) is 0 Å². The highest BCUT2D eigenvalue weighted by Gasteiger charge is 2.19. The van der Waals surface area contributed by atoms with E-state index >= 15 is 0 Å². The predicted molar refractivity (Wildman–Crippen MR) is 60.3 cm³/mol. The molecule has 15 heavy (non-hydrogen) atoms. The van der Waals surface area contributed by atoms with Gasteiger partial charge >= 0.3 is 0 Å². The monoisotopic (exact) mass is 203 g/mol. The van der Waals surface area contributed by atoms with E-state index in [0.29, 0.717) is 6.04 Å². The molecule has 80 valence electrons. The zero-order valence-corrected chi connectivity index (χ0v) is 9.16. The number of hydrogen-bond donors (Lipinski definition) is 1. The Bertz CT molecular complexity index is 364. The lowest BCUT2D eigenvalue weighted by Crippen LogP contribution is -2.16. The quantitative estimate of drug-likeness (QED) is 0.758. The van der Waals surface area contributed by atoms with Crippen molar-refractivity contribution in [1.29, 1.82) is 0 Å². The van der Waals surface area contributed by atoms with Crippen molar-refractivity contribution in [3.05, 3.63) is 18.2 Å². The fraction of sp³-hybridized carbons (Fsp3) is 0.583. The third kappa shape index (κ3) is 2.40. The van der Waals surface area contributed by atoms with Gasteiger partial charge in [0.25, 0.3) is 0 Å². The summed E-state index contributed by atoms with van der Waals surface area (Å²) in [4.78, 5) is 4.22. The van der Waals surface area contributed by atoms with Crippen LogP contribution in [0.1, 0.15) is 37.9 Å². The molecule has 1 aromatic heterocycles. The first kappa shape index (κ1) is 10.3. The molecule has 0 unspecified atom stereocenters. The van der Waals surface area contributed by atoms with Crippen molar-refractivity contribution in [2.24, 2.45) is 0 Å². The second-order valence-electron chi connectivity index (χ2n) is 3.84.